The van der Waals surface area contributed by atoms with Crippen LogP contribution < -0.4 is 5.32 Å². The van der Waals surface area contributed by atoms with E-state index in [0.29, 0.717) is 11.5 Å². The number of halogens is 1. The van der Waals surface area contributed by atoms with E-state index in [-0.39, 0.29) is 12.4 Å². The number of likely N-dealkylation sites (N-methyl/N-ethyl adjacent to an activating group) is 1. The molecule has 2 aromatic rings. The van der Waals surface area contributed by atoms with Gasteiger partial charge in [0.1, 0.15) is 0 Å². The first-order valence-electron chi connectivity index (χ1n) is 8.32. The third kappa shape index (κ3) is 3.02. The standard InChI is InChI=1S/C20H27N.ClH/c1-15(2)13-19(21-3)20(11-6-12-20)18-10-9-16-7-4-5-8-17(16)14-18;/h4-5,7-10,14-15,19,21H,6,11-13H2,1-3H3;1H. The van der Waals surface area contributed by atoms with Crippen LogP contribution in [0.4, 0.5) is 0 Å². The second-order valence-corrected chi connectivity index (χ2v) is 7.04. The van der Waals surface area contributed by atoms with Gasteiger partial charge in [0.05, 0.1) is 0 Å². The summed E-state index contributed by atoms with van der Waals surface area (Å²) in [7, 11) is 2.13. The third-order valence-electron chi connectivity index (χ3n) is 5.29. The van der Waals surface area contributed by atoms with Crippen LogP contribution in [-0.2, 0) is 5.41 Å². The molecule has 0 spiro atoms. The summed E-state index contributed by atoms with van der Waals surface area (Å²) < 4.78 is 0. The van der Waals surface area contributed by atoms with Crippen LogP contribution in [-0.4, -0.2) is 13.1 Å². The van der Waals surface area contributed by atoms with Crippen LogP contribution in [0.3, 0.4) is 0 Å². The summed E-state index contributed by atoms with van der Waals surface area (Å²) in [6.07, 6.45) is 5.26. The van der Waals surface area contributed by atoms with Crippen molar-refractivity contribution in [3.8, 4) is 0 Å². The minimum absolute atomic E-state index is 0. The van der Waals surface area contributed by atoms with Crippen molar-refractivity contribution in [3.63, 3.8) is 0 Å². The monoisotopic (exact) mass is 317 g/mol. The minimum Gasteiger partial charge on any atom is -0.316 e. The van der Waals surface area contributed by atoms with Crippen molar-refractivity contribution in [2.24, 2.45) is 5.92 Å². The first-order valence-corrected chi connectivity index (χ1v) is 8.32. The SMILES string of the molecule is CNC(CC(C)C)C1(c2ccc3ccccc3c2)CCC1.Cl. The predicted molar refractivity (Wildman–Crippen MR) is 99.0 cm³/mol. The lowest BCUT2D eigenvalue weighted by molar-refractivity contribution is 0.157. The van der Waals surface area contributed by atoms with Gasteiger partial charge >= 0.3 is 0 Å². The van der Waals surface area contributed by atoms with E-state index >= 15 is 0 Å². The molecule has 0 heterocycles. The molecule has 0 saturated heterocycles. The van der Waals surface area contributed by atoms with Gasteiger partial charge in [0.2, 0.25) is 0 Å². The normalized spacial score (nSPS) is 17.8. The van der Waals surface area contributed by atoms with Crippen LogP contribution in [0, 0.1) is 5.92 Å². The number of hydrogen-bond acceptors (Lipinski definition) is 1. The maximum atomic E-state index is 3.62. The fraction of sp³-hybridized carbons (Fsp3) is 0.500. The van der Waals surface area contributed by atoms with Crippen molar-refractivity contribution < 1.29 is 0 Å². The van der Waals surface area contributed by atoms with E-state index in [2.05, 4.69) is 68.7 Å². The zero-order valence-corrected chi connectivity index (χ0v) is 14.7. The van der Waals surface area contributed by atoms with Gasteiger partial charge in [-0.15, -0.1) is 12.4 Å². The number of rotatable bonds is 5. The van der Waals surface area contributed by atoms with E-state index in [9.17, 15) is 0 Å². The van der Waals surface area contributed by atoms with Gasteiger partial charge in [0, 0.05) is 11.5 Å². The molecule has 1 aliphatic carbocycles. The predicted octanol–water partition coefficient (Wildman–Crippen LogP) is 5.32. The molecular weight excluding hydrogens is 290 g/mol. The second-order valence-electron chi connectivity index (χ2n) is 7.04. The van der Waals surface area contributed by atoms with Gasteiger partial charge in [-0.05, 0) is 48.6 Å². The summed E-state index contributed by atoms with van der Waals surface area (Å²) >= 11 is 0. The summed E-state index contributed by atoms with van der Waals surface area (Å²) in [6, 6.07) is 16.4. The topological polar surface area (TPSA) is 12.0 Å². The summed E-state index contributed by atoms with van der Waals surface area (Å²) in [5.41, 5.74) is 1.88. The summed E-state index contributed by atoms with van der Waals surface area (Å²) in [6.45, 7) is 4.66. The molecule has 1 aliphatic rings. The van der Waals surface area contributed by atoms with E-state index in [0.717, 1.165) is 5.92 Å². The zero-order chi connectivity index (χ0) is 14.9. The van der Waals surface area contributed by atoms with Crippen LogP contribution in [0.2, 0.25) is 0 Å². The Hall–Kier alpha value is -1.05. The van der Waals surface area contributed by atoms with E-state index < -0.39 is 0 Å². The van der Waals surface area contributed by atoms with Gasteiger partial charge in [-0.2, -0.15) is 0 Å². The first-order chi connectivity index (χ1) is 10.2. The molecule has 1 unspecified atom stereocenters. The molecule has 1 nitrogen and oxygen atoms in total. The van der Waals surface area contributed by atoms with Crippen molar-refractivity contribution in [2.75, 3.05) is 7.05 Å². The lowest BCUT2D eigenvalue weighted by Gasteiger charge is -2.49. The number of nitrogens with one attached hydrogen (secondary N) is 1. The number of hydrogen-bond donors (Lipinski definition) is 1. The molecule has 22 heavy (non-hydrogen) atoms. The molecule has 0 aromatic heterocycles. The molecule has 0 bridgehead atoms. The highest BCUT2D eigenvalue weighted by Gasteiger charge is 2.44. The van der Waals surface area contributed by atoms with Crippen LogP contribution in [0.1, 0.15) is 45.1 Å². The highest BCUT2D eigenvalue weighted by atomic mass is 35.5. The molecule has 2 heteroatoms. The smallest absolute Gasteiger partial charge is 0.0163 e. The van der Waals surface area contributed by atoms with Crippen LogP contribution >= 0.6 is 12.4 Å². The highest BCUT2D eigenvalue weighted by Crippen LogP contribution is 2.48. The molecule has 0 radical (unpaired) electrons. The van der Waals surface area contributed by atoms with E-state index in [1.54, 1.807) is 0 Å². The van der Waals surface area contributed by atoms with Crippen molar-refractivity contribution in [1.82, 2.24) is 5.32 Å². The van der Waals surface area contributed by atoms with Gasteiger partial charge < -0.3 is 5.32 Å². The maximum absolute atomic E-state index is 3.62. The quantitative estimate of drug-likeness (QED) is 0.787. The second kappa shape index (κ2) is 7.02. The van der Waals surface area contributed by atoms with Crippen LogP contribution in [0.15, 0.2) is 42.5 Å². The molecule has 1 atom stereocenters. The highest BCUT2D eigenvalue weighted by molar-refractivity contribution is 5.85. The Labute approximate surface area is 140 Å². The van der Waals surface area contributed by atoms with Crippen LogP contribution in [0.5, 0.6) is 0 Å². The Morgan fingerprint density at radius 2 is 1.73 bits per heavy atom. The van der Waals surface area contributed by atoms with Crippen molar-refractivity contribution in [2.45, 2.75) is 51.0 Å². The minimum atomic E-state index is 0. The summed E-state index contributed by atoms with van der Waals surface area (Å²) in [5.74, 6) is 0.736. The largest absolute Gasteiger partial charge is 0.316 e. The fourth-order valence-corrected chi connectivity index (χ4v) is 3.99. The lowest BCUT2D eigenvalue weighted by atomic mass is 9.58. The molecule has 0 aliphatic heterocycles. The Balaban J connectivity index is 0.00000176. The number of benzene rings is 2. The van der Waals surface area contributed by atoms with Gasteiger partial charge in [-0.1, -0.05) is 62.7 Å². The Morgan fingerprint density at radius 1 is 1.05 bits per heavy atom. The first kappa shape index (κ1) is 17.3. The van der Waals surface area contributed by atoms with Gasteiger partial charge in [0.15, 0.2) is 0 Å². The van der Waals surface area contributed by atoms with Crippen molar-refractivity contribution in [3.05, 3.63) is 48.0 Å². The maximum Gasteiger partial charge on any atom is 0.0163 e. The van der Waals surface area contributed by atoms with E-state index in [4.69, 9.17) is 0 Å². The molecule has 120 valence electrons. The third-order valence-corrected chi connectivity index (χ3v) is 5.29. The molecule has 0 amide bonds. The molecular formula is C20H28ClN. The zero-order valence-electron chi connectivity index (χ0n) is 13.9. The Morgan fingerprint density at radius 3 is 2.27 bits per heavy atom. The lowest BCUT2D eigenvalue weighted by Crippen LogP contribution is -2.52. The molecule has 1 saturated carbocycles. The molecule has 2 aromatic carbocycles. The van der Waals surface area contributed by atoms with E-state index in [1.807, 2.05) is 0 Å². The van der Waals surface area contributed by atoms with Gasteiger partial charge in [-0.3, -0.25) is 0 Å². The van der Waals surface area contributed by atoms with E-state index in [1.165, 1.54) is 42.0 Å². The Bertz CT molecular complexity index is 616. The van der Waals surface area contributed by atoms with Crippen molar-refractivity contribution >= 4 is 23.2 Å². The average molecular weight is 318 g/mol. The molecule has 1 fully saturated rings. The Kier molecular flexibility index (Phi) is 5.52. The van der Waals surface area contributed by atoms with Gasteiger partial charge in [-0.25, -0.2) is 0 Å². The average Bonchev–Trinajstić information content (AvgIpc) is 2.44. The number of fused-ring (bicyclic) bond motifs is 1. The fourth-order valence-electron chi connectivity index (χ4n) is 3.99. The summed E-state index contributed by atoms with van der Waals surface area (Å²) in [5, 5.41) is 6.35. The summed E-state index contributed by atoms with van der Waals surface area (Å²) in [4.78, 5) is 0. The van der Waals surface area contributed by atoms with Crippen LogP contribution in [0.25, 0.3) is 10.8 Å². The van der Waals surface area contributed by atoms with Crippen molar-refractivity contribution in [1.29, 1.82) is 0 Å². The molecule has 3 rings (SSSR count). The molecule has 1 N–H and O–H groups in total. The van der Waals surface area contributed by atoms with Gasteiger partial charge in [0.25, 0.3) is 0 Å².